The van der Waals surface area contributed by atoms with E-state index in [9.17, 15) is 9.18 Å². The zero-order valence-corrected chi connectivity index (χ0v) is 17.1. The molecule has 0 aromatic heterocycles. The highest BCUT2D eigenvalue weighted by molar-refractivity contribution is 9.10. The summed E-state index contributed by atoms with van der Waals surface area (Å²) in [6.45, 7) is 2.93. The molecule has 1 amide bonds. The van der Waals surface area contributed by atoms with Crippen molar-refractivity contribution in [2.24, 2.45) is 0 Å². The van der Waals surface area contributed by atoms with Crippen LogP contribution in [0.25, 0.3) is 6.08 Å². The fourth-order valence-corrected chi connectivity index (χ4v) is 3.43. The second-order valence-electron chi connectivity index (χ2n) is 6.05. The van der Waals surface area contributed by atoms with Crippen LogP contribution in [0.5, 0.6) is 5.75 Å². The molecule has 0 spiro atoms. The maximum Gasteiger partial charge on any atom is 0.276 e. The molecule has 2 aromatic rings. The number of nitrogens with zero attached hydrogens (tertiary/aromatic N) is 1. The Hall–Kier alpha value is -2.25. The molecule has 0 saturated carbocycles. The number of halogens is 2. The van der Waals surface area contributed by atoms with E-state index in [4.69, 9.17) is 17.0 Å². The van der Waals surface area contributed by atoms with Crippen LogP contribution >= 0.6 is 28.1 Å². The molecule has 2 aromatic carbocycles. The molecule has 7 heteroatoms. The summed E-state index contributed by atoms with van der Waals surface area (Å²) in [6.07, 6.45) is 2.60. The summed E-state index contributed by atoms with van der Waals surface area (Å²) in [5, 5.41) is 3.40. The Balaban J connectivity index is 1.70. The number of benzene rings is 2. The van der Waals surface area contributed by atoms with Crippen LogP contribution in [-0.2, 0) is 11.4 Å². The molecule has 0 unspecified atom stereocenters. The van der Waals surface area contributed by atoms with Crippen LogP contribution in [0, 0.1) is 5.82 Å². The maximum atomic E-state index is 13.0. The van der Waals surface area contributed by atoms with Gasteiger partial charge in [-0.15, -0.1) is 0 Å². The molecular formula is C20H18BrFN2O2S. The number of rotatable bonds is 6. The monoisotopic (exact) mass is 448 g/mol. The lowest BCUT2D eigenvalue weighted by atomic mass is 10.2. The molecule has 0 aliphatic carbocycles. The van der Waals surface area contributed by atoms with Gasteiger partial charge in [-0.05, 0) is 76.0 Å². The van der Waals surface area contributed by atoms with Gasteiger partial charge >= 0.3 is 0 Å². The summed E-state index contributed by atoms with van der Waals surface area (Å²) in [5.74, 6) is 0.272. The minimum absolute atomic E-state index is 0.116. The van der Waals surface area contributed by atoms with Crippen molar-refractivity contribution in [3.8, 4) is 5.75 Å². The molecule has 4 nitrogen and oxygen atoms in total. The Labute approximate surface area is 171 Å². The number of carbonyl (C=O) groups is 1. The van der Waals surface area contributed by atoms with E-state index in [1.807, 2.05) is 25.1 Å². The van der Waals surface area contributed by atoms with Gasteiger partial charge in [0.05, 0.1) is 4.47 Å². The van der Waals surface area contributed by atoms with Gasteiger partial charge in [-0.25, -0.2) is 4.39 Å². The van der Waals surface area contributed by atoms with Crippen LogP contribution in [-0.4, -0.2) is 22.5 Å². The quantitative estimate of drug-likeness (QED) is 0.516. The van der Waals surface area contributed by atoms with Crippen molar-refractivity contribution in [1.29, 1.82) is 0 Å². The maximum absolute atomic E-state index is 13.0. The number of hydrogen-bond acceptors (Lipinski definition) is 3. The number of hydrogen-bond donors (Lipinski definition) is 1. The van der Waals surface area contributed by atoms with Gasteiger partial charge in [0.15, 0.2) is 5.11 Å². The normalized spacial score (nSPS) is 15.4. The van der Waals surface area contributed by atoms with E-state index in [1.165, 1.54) is 12.1 Å². The van der Waals surface area contributed by atoms with Crippen molar-refractivity contribution < 1.29 is 13.9 Å². The number of carbonyl (C=O) groups excluding carboxylic acids is 1. The average Bonchev–Trinajstić information content (AvgIpc) is 2.90. The lowest BCUT2D eigenvalue weighted by Crippen LogP contribution is -2.31. The summed E-state index contributed by atoms with van der Waals surface area (Å²) in [5.41, 5.74) is 2.17. The van der Waals surface area contributed by atoms with Gasteiger partial charge in [-0.1, -0.05) is 25.1 Å². The van der Waals surface area contributed by atoms with Gasteiger partial charge in [-0.2, -0.15) is 0 Å². The fourth-order valence-electron chi connectivity index (χ4n) is 2.63. The smallest absolute Gasteiger partial charge is 0.276 e. The molecule has 1 fully saturated rings. The average molecular weight is 449 g/mol. The zero-order chi connectivity index (χ0) is 19.4. The van der Waals surface area contributed by atoms with Crippen molar-refractivity contribution in [3.63, 3.8) is 0 Å². The van der Waals surface area contributed by atoms with E-state index < -0.39 is 0 Å². The molecule has 1 N–H and O–H groups in total. The van der Waals surface area contributed by atoms with Gasteiger partial charge in [0, 0.05) is 6.54 Å². The van der Waals surface area contributed by atoms with Gasteiger partial charge in [0.2, 0.25) is 0 Å². The highest BCUT2D eigenvalue weighted by Crippen LogP contribution is 2.28. The fraction of sp³-hybridized carbons (Fsp3) is 0.200. The molecule has 140 valence electrons. The first-order valence-corrected chi connectivity index (χ1v) is 9.69. The Morgan fingerprint density at radius 1 is 1.26 bits per heavy atom. The predicted octanol–water partition coefficient (Wildman–Crippen LogP) is 4.63. The Bertz CT molecular complexity index is 899. The Kier molecular flexibility index (Phi) is 6.23. The van der Waals surface area contributed by atoms with E-state index in [0.29, 0.717) is 29.7 Å². The Morgan fingerprint density at radius 2 is 2.00 bits per heavy atom. The number of amides is 1. The minimum Gasteiger partial charge on any atom is -0.488 e. The molecular weight excluding hydrogens is 431 g/mol. The van der Waals surface area contributed by atoms with Crippen LogP contribution in [0.2, 0.25) is 0 Å². The first-order valence-electron chi connectivity index (χ1n) is 8.49. The topological polar surface area (TPSA) is 41.6 Å². The van der Waals surface area contributed by atoms with E-state index in [1.54, 1.807) is 23.1 Å². The van der Waals surface area contributed by atoms with Gasteiger partial charge in [0.25, 0.3) is 5.91 Å². The van der Waals surface area contributed by atoms with Crippen molar-refractivity contribution in [2.75, 3.05) is 6.54 Å². The highest BCUT2D eigenvalue weighted by atomic mass is 79.9. The summed E-state index contributed by atoms with van der Waals surface area (Å²) in [6, 6.07) is 11.7. The van der Waals surface area contributed by atoms with Gasteiger partial charge < -0.3 is 10.1 Å². The molecule has 0 atom stereocenters. The standard InChI is InChI=1S/C20H18BrFN2O2S/c1-2-9-24-19(25)17(23-20(24)27)11-14-5-8-18(16(21)10-14)26-12-13-3-6-15(22)7-4-13/h3-8,10-11H,2,9,12H2,1H3,(H,23,27)/b17-11-. The van der Waals surface area contributed by atoms with Crippen LogP contribution in [0.4, 0.5) is 4.39 Å². The molecule has 1 saturated heterocycles. The largest absolute Gasteiger partial charge is 0.488 e. The first-order chi connectivity index (χ1) is 13.0. The number of nitrogens with one attached hydrogen (secondary N) is 1. The molecule has 0 radical (unpaired) electrons. The van der Waals surface area contributed by atoms with Gasteiger partial charge in [0.1, 0.15) is 23.9 Å². The summed E-state index contributed by atoms with van der Waals surface area (Å²) >= 11 is 8.70. The Morgan fingerprint density at radius 3 is 2.67 bits per heavy atom. The van der Waals surface area contributed by atoms with Crippen LogP contribution < -0.4 is 10.1 Å². The van der Waals surface area contributed by atoms with E-state index in [-0.39, 0.29) is 11.7 Å². The molecule has 1 aliphatic heterocycles. The van der Waals surface area contributed by atoms with E-state index >= 15 is 0 Å². The highest BCUT2D eigenvalue weighted by Gasteiger charge is 2.29. The summed E-state index contributed by atoms with van der Waals surface area (Å²) < 4.78 is 19.5. The second-order valence-corrected chi connectivity index (χ2v) is 7.29. The van der Waals surface area contributed by atoms with E-state index in [2.05, 4.69) is 21.2 Å². The lowest BCUT2D eigenvalue weighted by molar-refractivity contribution is -0.122. The lowest BCUT2D eigenvalue weighted by Gasteiger charge is -2.11. The van der Waals surface area contributed by atoms with Crippen molar-refractivity contribution in [3.05, 3.63) is 69.6 Å². The molecule has 0 bridgehead atoms. The molecule has 3 rings (SSSR count). The third-order valence-corrected chi connectivity index (χ3v) is 4.93. The van der Waals surface area contributed by atoms with E-state index in [0.717, 1.165) is 22.0 Å². The van der Waals surface area contributed by atoms with Crippen molar-refractivity contribution >= 4 is 45.2 Å². The number of ether oxygens (including phenoxy) is 1. The van der Waals surface area contributed by atoms with Crippen LogP contribution in [0.15, 0.2) is 52.6 Å². The molecule has 1 heterocycles. The minimum atomic E-state index is -0.274. The molecule has 1 aliphatic rings. The van der Waals surface area contributed by atoms with Crippen molar-refractivity contribution in [1.82, 2.24) is 10.2 Å². The predicted molar refractivity (Wildman–Crippen MR) is 111 cm³/mol. The third-order valence-electron chi connectivity index (χ3n) is 3.98. The second kappa shape index (κ2) is 8.63. The zero-order valence-electron chi connectivity index (χ0n) is 14.7. The third kappa shape index (κ3) is 4.73. The summed E-state index contributed by atoms with van der Waals surface area (Å²) in [7, 11) is 0. The van der Waals surface area contributed by atoms with Crippen molar-refractivity contribution in [2.45, 2.75) is 20.0 Å². The van der Waals surface area contributed by atoms with Crippen LogP contribution in [0.1, 0.15) is 24.5 Å². The van der Waals surface area contributed by atoms with Crippen LogP contribution in [0.3, 0.4) is 0 Å². The van der Waals surface area contributed by atoms with Gasteiger partial charge in [-0.3, -0.25) is 9.69 Å². The SMILES string of the molecule is CCCN1C(=O)/C(=C/c2ccc(OCc3ccc(F)cc3)c(Br)c2)NC1=S. The first kappa shape index (κ1) is 19.5. The number of thiocarbonyl (C=S) groups is 1. The molecule has 27 heavy (non-hydrogen) atoms. The summed E-state index contributed by atoms with van der Waals surface area (Å²) in [4.78, 5) is 14.0.